The molecule has 0 saturated carbocycles. The van der Waals surface area contributed by atoms with Gasteiger partial charge in [0.15, 0.2) is 0 Å². The molecule has 4 aromatic rings. The molecule has 0 aromatic heterocycles. The van der Waals surface area contributed by atoms with E-state index in [2.05, 4.69) is 119 Å². The second-order valence-corrected chi connectivity index (χ2v) is 9.33. The molecule has 0 aliphatic rings. The minimum absolute atomic E-state index is 0.446. The van der Waals surface area contributed by atoms with Crippen LogP contribution < -0.4 is 20.7 Å². The fourth-order valence-electron chi connectivity index (χ4n) is 3.02. The maximum absolute atomic E-state index is 5.29. The molecule has 152 valence electrons. The Morgan fingerprint density at radius 2 is 1.00 bits per heavy atom. The number of halogens is 1. The smallest absolute Gasteiger partial charge is 0.119 e. The first kappa shape index (κ1) is 22.3. The zero-order chi connectivity index (χ0) is 21.0. The molecular weight excluding hydrogens is 451 g/mol. The van der Waals surface area contributed by atoms with Crippen LogP contribution >= 0.6 is 23.9 Å². The Labute approximate surface area is 189 Å². The number of hydrogen-bond acceptors (Lipinski definition) is 1. The summed E-state index contributed by atoms with van der Waals surface area (Å²) < 4.78 is 5.29. The summed E-state index contributed by atoms with van der Waals surface area (Å²) in [6, 6.07) is 40.4. The van der Waals surface area contributed by atoms with Crippen molar-refractivity contribution in [1.82, 2.24) is 0 Å². The van der Waals surface area contributed by atoms with Crippen LogP contribution in [0.25, 0.3) is 0 Å². The largest absolute Gasteiger partial charge is 0.494 e. The minimum atomic E-state index is -0.446. The Bertz CT molecular complexity index is 880. The van der Waals surface area contributed by atoms with Gasteiger partial charge >= 0.3 is 0 Å². The lowest BCUT2D eigenvalue weighted by molar-refractivity contribution is 0.340. The van der Waals surface area contributed by atoms with E-state index in [1.807, 2.05) is 19.1 Å². The lowest BCUT2D eigenvalue weighted by Gasteiger charge is -2.18. The molecular formula is C27H26BrOP. The van der Waals surface area contributed by atoms with E-state index in [0.29, 0.717) is 0 Å². The van der Waals surface area contributed by atoms with Gasteiger partial charge in [-0.3, -0.25) is 0 Å². The lowest BCUT2D eigenvalue weighted by atomic mass is 10.2. The van der Waals surface area contributed by atoms with E-state index in [1.165, 1.54) is 21.5 Å². The van der Waals surface area contributed by atoms with Crippen LogP contribution in [0.5, 0.6) is 5.75 Å². The van der Waals surface area contributed by atoms with Crippen molar-refractivity contribution in [3.63, 3.8) is 0 Å². The fraction of sp³-hybridized carbons (Fsp3) is 0.111. The highest BCUT2D eigenvalue weighted by Gasteiger charge is 2.14. The zero-order valence-electron chi connectivity index (χ0n) is 17.1. The van der Waals surface area contributed by atoms with E-state index < -0.39 is 7.92 Å². The van der Waals surface area contributed by atoms with Gasteiger partial charge in [0.2, 0.25) is 0 Å². The van der Waals surface area contributed by atoms with E-state index in [4.69, 9.17) is 4.74 Å². The molecule has 30 heavy (non-hydrogen) atoms. The SMILES string of the molecule is CCOc1ccc(CBr)cc1.c1ccc(P(c2ccccc2)c2ccccc2)cc1. The highest BCUT2D eigenvalue weighted by atomic mass is 79.9. The Morgan fingerprint density at radius 1 is 0.600 bits per heavy atom. The summed E-state index contributed by atoms with van der Waals surface area (Å²) in [7, 11) is -0.446. The molecule has 0 saturated heterocycles. The third kappa shape index (κ3) is 6.55. The summed E-state index contributed by atoms with van der Waals surface area (Å²) in [5, 5.41) is 5.10. The molecule has 0 amide bonds. The van der Waals surface area contributed by atoms with Crippen LogP contribution in [0.3, 0.4) is 0 Å². The van der Waals surface area contributed by atoms with Crippen molar-refractivity contribution in [2.45, 2.75) is 12.3 Å². The third-order valence-corrected chi connectivity index (χ3v) is 7.52. The highest BCUT2D eigenvalue weighted by molar-refractivity contribution is 9.08. The van der Waals surface area contributed by atoms with Gasteiger partial charge in [-0.1, -0.05) is 119 Å². The molecule has 0 spiro atoms. The van der Waals surface area contributed by atoms with Gasteiger partial charge in [0.05, 0.1) is 6.61 Å². The van der Waals surface area contributed by atoms with Crippen molar-refractivity contribution in [3.05, 3.63) is 121 Å². The van der Waals surface area contributed by atoms with Crippen LogP contribution in [0, 0.1) is 0 Å². The Balaban J connectivity index is 0.000000199. The maximum atomic E-state index is 5.29. The van der Waals surface area contributed by atoms with Crippen molar-refractivity contribution in [2.75, 3.05) is 6.61 Å². The van der Waals surface area contributed by atoms with Crippen molar-refractivity contribution in [2.24, 2.45) is 0 Å². The first-order valence-corrected chi connectivity index (χ1v) is 12.5. The molecule has 0 aliphatic carbocycles. The standard InChI is InChI=1S/C18H15P.C9H11BrO/c1-4-10-16(11-5-1)19(17-12-6-2-7-13-17)18-14-8-3-9-15-18;1-2-11-9-5-3-8(7-10)4-6-9/h1-15H;3-6H,2,7H2,1H3. The Hall–Kier alpha value is -2.41. The average molecular weight is 477 g/mol. The number of ether oxygens (including phenoxy) is 1. The van der Waals surface area contributed by atoms with E-state index in [1.54, 1.807) is 0 Å². The van der Waals surface area contributed by atoms with Crippen molar-refractivity contribution >= 4 is 39.8 Å². The Kier molecular flexibility index (Phi) is 9.15. The van der Waals surface area contributed by atoms with Gasteiger partial charge in [-0.25, -0.2) is 0 Å². The van der Waals surface area contributed by atoms with Gasteiger partial charge in [-0.2, -0.15) is 0 Å². The minimum Gasteiger partial charge on any atom is -0.494 e. The van der Waals surface area contributed by atoms with E-state index in [-0.39, 0.29) is 0 Å². The van der Waals surface area contributed by atoms with Gasteiger partial charge in [-0.05, 0) is 48.5 Å². The molecule has 0 radical (unpaired) electrons. The monoisotopic (exact) mass is 476 g/mol. The third-order valence-electron chi connectivity index (χ3n) is 4.43. The van der Waals surface area contributed by atoms with Gasteiger partial charge < -0.3 is 4.74 Å². The molecule has 1 nitrogen and oxygen atoms in total. The van der Waals surface area contributed by atoms with Gasteiger partial charge in [-0.15, -0.1) is 0 Å². The summed E-state index contributed by atoms with van der Waals surface area (Å²) in [6.45, 7) is 2.71. The highest BCUT2D eigenvalue weighted by Crippen LogP contribution is 2.32. The normalized spacial score (nSPS) is 10.2. The van der Waals surface area contributed by atoms with Crippen LogP contribution in [0.15, 0.2) is 115 Å². The predicted molar refractivity (Wildman–Crippen MR) is 135 cm³/mol. The first-order chi connectivity index (χ1) is 14.8. The fourth-order valence-corrected chi connectivity index (χ4v) is 5.70. The number of hydrogen-bond donors (Lipinski definition) is 0. The second kappa shape index (κ2) is 12.3. The van der Waals surface area contributed by atoms with E-state index in [9.17, 15) is 0 Å². The van der Waals surface area contributed by atoms with Gasteiger partial charge in [0.25, 0.3) is 0 Å². The molecule has 4 rings (SSSR count). The van der Waals surface area contributed by atoms with Crippen molar-refractivity contribution < 1.29 is 4.74 Å². The molecule has 0 fully saturated rings. The topological polar surface area (TPSA) is 9.23 Å². The van der Waals surface area contributed by atoms with Crippen LogP contribution in [-0.4, -0.2) is 6.61 Å². The van der Waals surface area contributed by atoms with Gasteiger partial charge in [0, 0.05) is 5.33 Å². The quantitative estimate of drug-likeness (QED) is 0.230. The van der Waals surface area contributed by atoms with Crippen LogP contribution in [0.1, 0.15) is 12.5 Å². The molecule has 0 bridgehead atoms. The predicted octanol–water partition coefficient (Wildman–Crippen LogP) is 6.43. The maximum Gasteiger partial charge on any atom is 0.119 e. The van der Waals surface area contributed by atoms with Crippen LogP contribution in [0.2, 0.25) is 0 Å². The lowest BCUT2D eigenvalue weighted by Crippen LogP contribution is -2.20. The molecule has 0 N–H and O–H groups in total. The summed E-state index contributed by atoms with van der Waals surface area (Å²) in [6.07, 6.45) is 0. The number of alkyl halides is 1. The molecule has 0 heterocycles. The van der Waals surface area contributed by atoms with E-state index in [0.717, 1.165) is 17.7 Å². The van der Waals surface area contributed by atoms with Gasteiger partial charge in [0.1, 0.15) is 5.75 Å². The summed E-state index contributed by atoms with van der Waals surface area (Å²) >= 11 is 3.38. The number of benzene rings is 4. The summed E-state index contributed by atoms with van der Waals surface area (Å²) in [5.74, 6) is 0.942. The number of rotatable bonds is 6. The van der Waals surface area contributed by atoms with Crippen LogP contribution in [0.4, 0.5) is 0 Å². The Morgan fingerprint density at radius 3 is 1.33 bits per heavy atom. The molecule has 4 aromatic carbocycles. The molecule has 0 atom stereocenters. The molecule has 0 aliphatic heterocycles. The van der Waals surface area contributed by atoms with Crippen molar-refractivity contribution in [3.8, 4) is 5.75 Å². The second-order valence-electron chi connectivity index (χ2n) is 6.55. The van der Waals surface area contributed by atoms with Crippen molar-refractivity contribution in [1.29, 1.82) is 0 Å². The average Bonchev–Trinajstić information content (AvgIpc) is 2.83. The van der Waals surface area contributed by atoms with Crippen LogP contribution in [-0.2, 0) is 5.33 Å². The first-order valence-electron chi connectivity index (χ1n) is 10.0. The summed E-state index contributed by atoms with van der Waals surface area (Å²) in [5.41, 5.74) is 1.27. The summed E-state index contributed by atoms with van der Waals surface area (Å²) in [4.78, 5) is 0. The zero-order valence-corrected chi connectivity index (χ0v) is 19.6. The van der Waals surface area contributed by atoms with E-state index >= 15 is 0 Å². The molecule has 0 unspecified atom stereocenters. The molecule has 3 heteroatoms.